The van der Waals surface area contributed by atoms with Crippen molar-refractivity contribution in [3.63, 3.8) is 0 Å². The largest absolute Gasteiger partial charge is 0.416 e. The Morgan fingerprint density at radius 3 is 2.37 bits per heavy atom. The average molecular weight is 671 g/mol. The van der Waals surface area contributed by atoms with Crippen molar-refractivity contribution >= 4 is 11.8 Å². The van der Waals surface area contributed by atoms with Crippen LogP contribution in [0.5, 0.6) is 0 Å². The van der Waals surface area contributed by atoms with Crippen molar-refractivity contribution in [2.75, 3.05) is 19.6 Å². The zero-order chi connectivity index (χ0) is 34.3. The number of nitrogens with one attached hydrogen (secondary N) is 1. The molecule has 3 aromatic carbocycles. The van der Waals surface area contributed by atoms with E-state index in [9.17, 15) is 32.7 Å². The van der Waals surface area contributed by atoms with Gasteiger partial charge in [-0.05, 0) is 85.4 Å². The number of aryl methyl sites for hydroxylation is 1. The van der Waals surface area contributed by atoms with Crippen molar-refractivity contribution < 1.29 is 27.9 Å². The molecule has 3 heterocycles. The molecule has 2 aliphatic heterocycles. The van der Waals surface area contributed by atoms with Gasteiger partial charge in [0.2, 0.25) is 0 Å². The molecule has 1 aromatic heterocycles. The lowest BCUT2D eigenvalue weighted by Crippen LogP contribution is -2.37. The number of aliphatic hydroxyl groups is 1. The molecule has 3 aliphatic rings. The average Bonchev–Trinajstić information content (AvgIpc) is 3.96. The van der Waals surface area contributed by atoms with Crippen LogP contribution in [-0.2, 0) is 29.4 Å². The molecule has 2 amide bonds. The van der Waals surface area contributed by atoms with E-state index >= 15 is 0 Å². The Labute approximate surface area is 281 Å². The summed E-state index contributed by atoms with van der Waals surface area (Å²) in [6.45, 7) is 1.50. The fourth-order valence-electron chi connectivity index (χ4n) is 7.29. The number of hydrogen-bond donors (Lipinski definition) is 2. The molecule has 254 valence electrons. The smallest absolute Gasteiger partial charge is 0.378 e. The Bertz CT molecular complexity index is 1930. The number of rotatable bonds is 6. The summed E-state index contributed by atoms with van der Waals surface area (Å²) >= 11 is 0. The van der Waals surface area contributed by atoms with E-state index in [-0.39, 0.29) is 30.1 Å². The fourth-order valence-corrected chi connectivity index (χ4v) is 7.29. The molecule has 1 saturated carbocycles. The number of halogens is 3. The Hall–Kier alpha value is -4.77. The van der Waals surface area contributed by atoms with Crippen LogP contribution in [0.1, 0.15) is 93.8 Å². The summed E-state index contributed by atoms with van der Waals surface area (Å²) in [6.07, 6.45) is -2.09. The van der Waals surface area contributed by atoms with Gasteiger partial charge in [0.15, 0.2) is 6.10 Å². The lowest BCUT2D eigenvalue weighted by Gasteiger charge is -2.32. The van der Waals surface area contributed by atoms with Crippen LogP contribution < -0.4 is 5.56 Å². The van der Waals surface area contributed by atoms with Gasteiger partial charge >= 0.3 is 6.18 Å². The second-order valence-corrected chi connectivity index (χ2v) is 13.4. The van der Waals surface area contributed by atoms with E-state index in [0.29, 0.717) is 54.5 Å². The lowest BCUT2D eigenvalue weighted by molar-refractivity contribution is -0.142. The van der Waals surface area contributed by atoms with Gasteiger partial charge in [0, 0.05) is 25.2 Å². The third-order valence-corrected chi connectivity index (χ3v) is 10.3. The summed E-state index contributed by atoms with van der Waals surface area (Å²) in [7, 11) is 0. The maximum absolute atomic E-state index is 13.6. The molecule has 0 bridgehead atoms. The number of piperidine rings is 1. The SMILES string of the molecule is O=C(c1ccccc1)N1CCC(c2cccc(C3(c4nc5c(c(=O)[nH]4)CN(C(=O)C(O)c4cccc(C(F)(F)F)c4)CCC5)CC3)c2)CC1. The van der Waals surface area contributed by atoms with Gasteiger partial charge < -0.3 is 19.9 Å². The topological polar surface area (TPSA) is 107 Å². The third kappa shape index (κ3) is 6.51. The van der Waals surface area contributed by atoms with Crippen molar-refractivity contribution in [2.45, 2.75) is 68.7 Å². The maximum atomic E-state index is 13.6. The normalized spacial score (nSPS) is 18.4. The number of aliphatic hydroxyl groups excluding tert-OH is 1. The quantitative estimate of drug-likeness (QED) is 0.266. The second kappa shape index (κ2) is 12.9. The molecule has 11 heteroatoms. The number of benzene rings is 3. The van der Waals surface area contributed by atoms with Gasteiger partial charge in [-0.15, -0.1) is 0 Å². The molecule has 1 unspecified atom stereocenters. The van der Waals surface area contributed by atoms with Crippen molar-refractivity contribution in [3.05, 3.63) is 134 Å². The molecule has 8 nitrogen and oxygen atoms in total. The molecule has 7 rings (SSSR count). The highest BCUT2D eigenvalue weighted by Gasteiger charge is 2.49. The first-order chi connectivity index (χ1) is 23.5. The summed E-state index contributed by atoms with van der Waals surface area (Å²) in [5.41, 5.74) is 2.04. The van der Waals surface area contributed by atoms with E-state index in [4.69, 9.17) is 4.98 Å². The highest BCUT2D eigenvalue weighted by Crippen LogP contribution is 2.52. The van der Waals surface area contributed by atoms with Crippen LogP contribution in [0.4, 0.5) is 13.2 Å². The van der Waals surface area contributed by atoms with Crippen LogP contribution in [0, 0.1) is 0 Å². The van der Waals surface area contributed by atoms with Crippen LogP contribution in [0.25, 0.3) is 0 Å². The van der Waals surface area contributed by atoms with E-state index in [0.717, 1.165) is 49.4 Å². The van der Waals surface area contributed by atoms with E-state index in [2.05, 4.69) is 23.2 Å². The molecule has 1 saturated heterocycles. The maximum Gasteiger partial charge on any atom is 0.416 e. The van der Waals surface area contributed by atoms with E-state index < -0.39 is 29.2 Å². The van der Waals surface area contributed by atoms with Crippen LogP contribution in [-0.4, -0.2) is 56.3 Å². The Morgan fingerprint density at radius 1 is 0.918 bits per heavy atom. The minimum Gasteiger partial charge on any atom is -0.378 e. The first-order valence-electron chi connectivity index (χ1n) is 16.7. The minimum atomic E-state index is -4.61. The number of carbonyl (C=O) groups excluding carboxylic acids is 2. The lowest BCUT2D eigenvalue weighted by atomic mass is 9.85. The number of aromatic nitrogens is 2. The molecule has 1 atom stereocenters. The molecule has 2 fully saturated rings. The molecule has 0 spiro atoms. The number of H-pyrrole nitrogens is 1. The molecule has 4 aromatic rings. The number of amides is 2. The van der Waals surface area contributed by atoms with Crippen molar-refractivity contribution in [3.8, 4) is 0 Å². The molecular formula is C38H37F3N4O4. The minimum absolute atomic E-state index is 0.0577. The van der Waals surface area contributed by atoms with Gasteiger partial charge in [0.25, 0.3) is 17.4 Å². The van der Waals surface area contributed by atoms with E-state index in [1.165, 1.54) is 16.5 Å². The van der Waals surface area contributed by atoms with Gasteiger partial charge in [0.05, 0.1) is 28.8 Å². The van der Waals surface area contributed by atoms with Crippen molar-refractivity contribution in [2.24, 2.45) is 0 Å². The van der Waals surface area contributed by atoms with Gasteiger partial charge in [-0.3, -0.25) is 14.4 Å². The summed E-state index contributed by atoms with van der Waals surface area (Å²) in [6, 6.07) is 21.9. The first-order valence-corrected chi connectivity index (χ1v) is 16.7. The summed E-state index contributed by atoms with van der Waals surface area (Å²) in [4.78, 5) is 51.0. The summed E-state index contributed by atoms with van der Waals surface area (Å²) < 4.78 is 39.7. The van der Waals surface area contributed by atoms with Gasteiger partial charge in [-0.2, -0.15) is 13.2 Å². The van der Waals surface area contributed by atoms with Gasteiger partial charge in [-0.25, -0.2) is 4.98 Å². The number of nitrogens with zero attached hydrogens (tertiary/aromatic N) is 3. The zero-order valence-corrected chi connectivity index (χ0v) is 26.9. The number of aromatic amines is 1. The molecule has 1 aliphatic carbocycles. The van der Waals surface area contributed by atoms with Crippen LogP contribution >= 0.6 is 0 Å². The summed E-state index contributed by atoms with van der Waals surface area (Å²) in [5.74, 6) is 0.202. The number of hydrogen-bond acceptors (Lipinski definition) is 5. The molecule has 2 N–H and O–H groups in total. The van der Waals surface area contributed by atoms with Crippen LogP contribution in [0.2, 0.25) is 0 Å². The third-order valence-electron chi connectivity index (χ3n) is 10.3. The predicted octanol–water partition coefficient (Wildman–Crippen LogP) is 5.90. The second-order valence-electron chi connectivity index (χ2n) is 13.4. The summed E-state index contributed by atoms with van der Waals surface area (Å²) in [5, 5.41) is 10.7. The number of likely N-dealkylation sites (tertiary alicyclic amines) is 1. The Morgan fingerprint density at radius 2 is 1.65 bits per heavy atom. The predicted molar refractivity (Wildman–Crippen MR) is 176 cm³/mol. The van der Waals surface area contributed by atoms with E-state index in [1.807, 2.05) is 41.3 Å². The Kier molecular flexibility index (Phi) is 8.64. The highest BCUT2D eigenvalue weighted by atomic mass is 19.4. The van der Waals surface area contributed by atoms with Gasteiger partial charge in [0.1, 0.15) is 5.82 Å². The standard InChI is InChI=1S/C38H37F3N4O4/c39-38(40,41)29-12-5-10-27(22-29)32(46)35(49)45-18-6-13-31-30(23-45)33(47)43-36(42-31)37(16-17-37)28-11-4-9-26(21-28)24-14-19-44(20-15-24)34(48)25-7-2-1-3-8-25/h1-5,7-12,21-22,24,32,46H,6,13-20,23H2,(H,42,43,47). The monoisotopic (exact) mass is 670 g/mol. The first kappa shape index (κ1) is 32.8. The molecule has 0 radical (unpaired) electrons. The van der Waals surface area contributed by atoms with Crippen molar-refractivity contribution in [1.82, 2.24) is 19.8 Å². The number of alkyl halides is 3. The van der Waals surface area contributed by atoms with Crippen LogP contribution in [0.3, 0.4) is 0 Å². The van der Waals surface area contributed by atoms with Crippen molar-refractivity contribution in [1.29, 1.82) is 0 Å². The molecular weight excluding hydrogens is 633 g/mol. The Balaban J connectivity index is 1.07. The van der Waals surface area contributed by atoms with Crippen LogP contribution in [0.15, 0.2) is 83.7 Å². The number of carbonyl (C=O) groups is 2. The zero-order valence-electron chi connectivity index (χ0n) is 26.9. The highest BCUT2D eigenvalue weighted by molar-refractivity contribution is 5.94. The number of fused-ring (bicyclic) bond motifs is 1. The van der Waals surface area contributed by atoms with Gasteiger partial charge in [-0.1, -0.05) is 54.6 Å². The van der Waals surface area contributed by atoms with E-state index in [1.54, 1.807) is 0 Å². The fraction of sp³-hybridized carbons (Fsp3) is 0.368. The molecule has 49 heavy (non-hydrogen) atoms.